The van der Waals surface area contributed by atoms with E-state index in [1.807, 2.05) is 42.5 Å². The summed E-state index contributed by atoms with van der Waals surface area (Å²) in [6, 6.07) is 19.4. The molecule has 6 nitrogen and oxygen atoms in total. The molecule has 3 aromatic rings. The maximum atomic E-state index is 8.98. The molecule has 1 saturated carbocycles. The number of hydrogen-bond acceptors (Lipinski definition) is 6. The SMILES string of the molecule is N#Cc1cccc(OCCN2CCC3(CC2)C[C@@H]3c2nnc(-c3ccccc3)o2)c1. The third-order valence-corrected chi connectivity index (χ3v) is 6.44. The van der Waals surface area contributed by atoms with Gasteiger partial charge in [0, 0.05) is 18.0 Å². The first-order valence-corrected chi connectivity index (χ1v) is 10.5. The molecule has 2 aliphatic rings. The van der Waals surface area contributed by atoms with Crippen LogP contribution in [0.1, 0.15) is 36.6 Å². The highest BCUT2D eigenvalue weighted by atomic mass is 16.5. The van der Waals surface area contributed by atoms with Crippen LogP contribution < -0.4 is 4.74 Å². The van der Waals surface area contributed by atoms with Gasteiger partial charge in [0.2, 0.25) is 11.8 Å². The maximum absolute atomic E-state index is 8.98. The highest BCUT2D eigenvalue weighted by molar-refractivity contribution is 5.51. The van der Waals surface area contributed by atoms with Crippen molar-refractivity contribution in [3.05, 3.63) is 66.1 Å². The number of hydrogen-bond donors (Lipinski definition) is 0. The predicted octanol–water partition coefficient (Wildman–Crippen LogP) is 4.26. The molecule has 2 heterocycles. The summed E-state index contributed by atoms with van der Waals surface area (Å²) in [5, 5.41) is 17.6. The van der Waals surface area contributed by atoms with Crippen LogP contribution in [-0.4, -0.2) is 41.3 Å². The van der Waals surface area contributed by atoms with E-state index < -0.39 is 0 Å². The Bertz CT molecular complexity index is 1050. The fraction of sp³-hybridized carbons (Fsp3) is 0.375. The molecule has 6 heteroatoms. The lowest BCUT2D eigenvalue weighted by atomic mass is 9.91. The average molecular weight is 400 g/mol. The zero-order valence-corrected chi connectivity index (χ0v) is 16.8. The second-order valence-electron chi connectivity index (χ2n) is 8.26. The third kappa shape index (κ3) is 3.81. The lowest BCUT2D eigenvalue weighted by Crippen LogP contribution is -2.37. The maximum Gasteiger partial charge on any atom is 0.247 e. The van der Waals surface area contributed by atoms with E-state index in [2.05, 4.69) is 21.2 Å². The van der Waals surface area contributed by atoms with Crippen molar-refractivity contribution in [3.8, 4) is 23.3 Å². The average Bonchev–Trinajstić information content (AvgIpc) is 3.27. The number of nitrogens with zero attached hydrogens (tertiary/aromatic N) is 4. The molecule has 0 bridgehead atoms. The summed E-state index contributed by atoms with van der Waals surface area (Å²) in [6.07, 6.45) is 3.46. The van der Waals surface area contributed by atoms with E-state index >= 15 is 0 Å². The normalized spacial score (nSPS) is 20.0. The number of likely N-dealkylation sites (tertiary alicyclic amines) is 1. The number of piperidine rings is 1. The minimum absolute atomic E-state index is 0.332. The standard InChI is InChI=1S/C24H24N4O2/c25-17-18-5-4-8-20(15-18)29-14-13-28-11-9-24(10-12-28)16-21(24)23-27-26-22(30-23)19-6-2-1-3-7-19/h1-8,15,21H,9-14,16H2/t21-/m1/s1. The Morgan fingerprint density at radius 1 is 1.10 bits per heavy atom. The highest BCUT2D eigenvalue weighted by Crippen LogP contribution is 2.64. The van der Waals surface area contributed by atoms with Gasteiger partial charge in [-0.05, 0) is 68.1 Å². The fourth-order valence-electron chi connectivity index (χ4n) is 4.49. The zero-order chi connectivity index (χ0) is 20.4. The van der Waals surface area contributed by atoms with E-state index in [9.17, 15) is 0 Å². The number of nitriles is 1. The van der Waals surface area contributed by atoms with Crippen molar-refractivity contribution in [3.63, 3.8) is 0 Å². The molecule has 30 heavy (non-hydrogen) atoms. The predicted molar refractivity (Wildman–Crippen MR) is 112 cm³/mol. The summed E-state index contributed by atoms with van der Waals surface area (Å²) in [4.78, 5) is 2.46. The molecule has 0 radical (unpaired) electrons. The fourth-order valence-corrected chi connectivity index (χ4v) is 4.49. The van der Waals surface area contributed by atoms with E-state index in [4.69, 9.17) is 14.4 Å². The summed E-state index contributed by atoms with van der Waals surface area (Å²) in [7, 11) is 0. The summed E-state index contributed by atoms with van der Waals surface area (Å²) in [5.41, 5.74) is 1.93. The molecule has 0 unspecified atom stereocenters. The van der Waals surface area contributed by atoms with Crippen LogP contribution in [0.4, 0.5) is 0 Å². The zero-order valence-electron chi connectivity index (χ0n) is 16.8. The number of rotatable bonds is 6. The van der Waals surface area contributed by atoms with E-state index in [-0.39, 0.29) is 0 Å². The van der Waals surface area contributed by atoms with Gasteiger partial charge in [-0.3, -0.25) is 4.90 Å². The Hall–Kier alpha value is -3.17. The van der Waals surface area contributed by atoms with Gasteiger partial charge in [0.15, 0.2) is 0 Å². The van der Waals surface area contributed by atoms with Gasteiger partial charge in [-0.1, -0.05) is 24.3 Å². The van der Waals surface area contributed by atoms with Crippen LogP contribution >= 0.6 is 0 Å². The minimum atomic E-state index is 0.332. The van der Waals surface area contributed by atoms with Crippen molar-refractivity contribution in [1.82, 2.24) is 15.1 Å². The monoisotopic (exact) mass is 400 g/mol. The van der Waals surface area contributed by atoms with Gasteiger partial charge in [0.25, 0.3) is 0 Å². The van der Waals surface area contributed by atoms with Gasteiger partial charge < -0.3 is 9.15 Å². The number of benzene rings is 2. The van der Waals surface area contributed by atoms with Crippen LogP contribution in [0, 0.1) is 16.7 Å². The van der Waals surface area contributed by atoms with Gasteiger partial charge in [-0.15, -0.1) is 10.2 Å². The van der Waals surface area contributed by atoms with Crippen molar-refractivity contribution in [2.45, 2.75) is 25.2 Å². The molecule has 5 rings (SSSR count). The Morgan fingerprint density at radius 2 is 1.93 bits per heavy atom. The van der Waals surface area contributed by atoms with Crippen LogP contribution in [0.25, 0.3) is 11.5 Å². The molecule has 0 N–H and O–H groups in total. The molecule has 152 valence electrons. The van der Waals surface area contributed by atoms with Gasteiger partial charge in [0.1, 0.15) is 12.4 Å². The molecular weight excluding hydrogens is 376 g/mol. The third-order valence-electron chi connectivity index (χ3n) is 6.44. The summed E-state index contributed by atoms with van der Waals surface area (Å²) in [5.74, 6) is 2.57. The van der Waals surface area contributed by atoms with E-state index in [1.54, 1.807) is 12.1 Å². The first kappa shape index (κ1) is 18.8. The molecular formula is C24H24N4O2. The van der Waals surface area contributed by atoms with Crippen LogP contribution in [0.5, 0.6) is 5.75 Å². The smallest absolute Gasteiger partial charge is 0.247 e. The van der Waals surface area contributed by atoms with Crippen molar-refractivity contribution in [2.75, 3.05) is 26.2 Å². The Kier molecular flexibility index (Phi) is 4.97. The summed E-state index contributed by atoms with van der Waals surface area (Å²) in [6.45, 7) is 3.67. The lowest BCUT2D eigenvalue weighted by molar-refractivity contribution is 0.142. The van der Waals surface area contributed by atoms with Crippen LogP contribution in [0.2, 0.25) is 0 Å². The second kappa shape index (κ2) is 7.92. The molecule has 1 aliphatic carbocycles. The molecule has 2 aromatic carbocycles. The van der Waals surface area contributed by atoms with Crippen LogP contribution in [0.15, 0.2) is 59.0 Å². The summed E-state index contributed by atoms with van der Waals surface area (Å²) < 4.78 is 11.8. The highest BCUT2D eigenvalue weighted by Gasteiger charge is 2.58. The van der Waals surface area contributed by atoms with Crippen LogP contribution in [-0.2, 0) is 0 Å². The molecule has 0 amide bonds. The van der Waals surface area contributed by atoms with Gasteiger partial charge in [-0.2, -0.15) is 5.26 Å². The van der Waals surface area contributed by atoms with Gasteiger partial charge in [0.05, 0.1) is 11.6 Å². The van der Waals surface area contributed by atoms with E-state index in [0.717, 1.165) is 56.1 Å². The van der Waals surface area contributed by atoms with Crippen molar-refractivity contribution in [1.29, 1.82) is 5.26 Å². The Morgan fingerprint density at radius 3 is 2.73 bits per heavy atom. The quantitative estimate of drug-likeness (QED) is 0.616. The summed E-state index contributed by atoms with van der Waals surface area (Å²) >= 11 is 0. The lowest BCUT2D eigenvalue weighted by Gasteiger charge is -2.32. The van der Waals surface area contributed by atoms with E-state index in [1.165, 1.54) is 0 Å². The Balaban J connectivity index is 1.11. The largest absolute Gasteiger partial charge is 0.492 e. The molecule has 1 spiro atoms. The second-order valence-corrected chi connectivity index (χ2v) is 8.26. The minimum Gasteiger partial charge on any atom is -0.492 e. The van der Waals surface area contributed by atoms with Crippen molar-refractivity contribution >= 4 is 0 Å². The van der Waals surface area contributed by atoms with Gasteiger partial charge >= 0.3 is 0 Å². The van der Waals surface area contributed by atoms with Crippen molar-refractivity contribution < 1.29 is 9.15 Å². The molecule has 2 fully saturated rings. The van der Waals surface area contributed by atoms with Gasteiger partial charge in [-0.25, -0.2) is 0 Å². The van der Waals surface area contributed by atoms with E-state index in [0.29, 0.717) is 29.4 Å². The molecule has 1 saturated heterocycles. The van der Waals surface area contributed by atoms with Crippen LogP contribution in [0.3, 0.4) is 0 Å². The number of ether oxygens (including phenoxy) is 1. The first-order chi connectivity index (χ1) is 14.8. The topological polar surface area (TPSA) is 75.2 Å². The molecule has 1 aliphatic heterocycles. The Labute approximate surface area is 176 Å². The van der Waals surface area contributed by atoms with Crippen molar-refractivity contribution in [2.24, 2.45) is 5.41 Å². The molecule has 1 aromatic heterocycles. The molecule has 1 atom stereocenters. The first-order valence-electron chi connectivity index (χ1n) is 10.5. The number of aromatic nitrogens is 2.